The predicted molar refractivity (Wildman–Crippen MR) is 46.7 cm³/mol. The molecule has 0 spiro atoms. The summed E-state index contributed by atoms with van der Waals surface area (Å²) in [6.45, 7) is 6.09. The largest absolute Gasteiger partial charge is 0.453 e. The Balaban J connectivity index is 4.24. The maximum Gasteiger partial charge on any atom is 0.453 e. The molecule has 0 atom stereocenters. The highest BCUT2D eigenvalue weighted by Gasteiger charge is 2.56. The van der Waals surface area contributed by atoms with Crippen LogP contribution in [-0.2, 0) is 0 Å². The Morgan fingerprint density at radius 3 is 1.71 bits per heavy atom. The summed E-state index contributed by atoms with van der Waals surface area (Å²) in [5, 5.41) is 0. The molecule has 0 saturated carbocycles. The van der Waals surface area contributed by atoms with Gasteiger partial charge in [-0.15, -0.1) is 0 Å². The molecular weight excluding hydrogens is 223 g/mol. The predicted octanol–water partition coefficient (Wildman–Crippen LogP) is 2.20. The lowest BCUT2D eigenvalue weighted by Crippen LogP contribution is -2.36. The first-order valence-corrected chi connectivity index (χ1v) is 5.45. The number of alkyl halides is 5. The lowest BCUT2D eigenvalue weighted by atomic mass is 10.2. The molecule has 0 aromatic rings. The summed E-state index contributed by atoms with van der Waals surface area (Å²) in [7, 11) is -2.32. The number of hydrogen-bond acceptors (Lipinski definition) is 2. The van der Waals surface area contributed by atoms with Crippen LogP contribution in [0.15, 0.2) is 9.32 Å². The van der Waals surface area contributed by atoms with E-state index in [2.05, 4.69) is 22.8 Å². The van der Waals surface area contributed by atoms with Gasteiger partial charge < -0.3 is 9.32 Å². The molecule has 2 nitrogen and oxygen atoms in total. The minimum absolute atomic E-state index is 0.389. The van der Waals surface area contributed by atoms with E-state index in [1.807, 2.05) is 0 Å². The van der Waals surface area contributed by atoms with Crippen LogP contribution in [0.3, 0.4) is 0 Å². The molecule has 0 aliphatic carbocycles. The second kappa shape index (κ2) is 4.62. The van der Waals surface area contributed by atoms with Crippen molar-refractivity contribution in [1.29, 1.82) is 0 Å². The molecule has 0 unspecified atom stereocenters. The molecule has 82 valence electrons. The van der Waals surface area contributed by atoms with Crippen LogP contribution in [0.4, 0.5) is 22.0 Å². The molecule has 0 bridgehead atoms. The van der Waals surface area contributed by atoms with E-state index >= 15 is 0 Å². The SMILES string of the molecule is C=N[SiH](CCC(F)(F)C(F)(F)F)N=C. The van der Waals surface area contributed by atoms with Crippen LogP contribution in [0.25, 0.3) is 0 Å². The summed E-state index contributed by atoms with van der Waals surface area (Å²) in [6.07, 6.45) is -6.81. The zero-order chi connectivity index (χ0) is 11.4. The molecule has 0 aliphatic rings. The van der Waals surface area contributed by atoms with Crippen molar-refractivity contribution in [2.45, 2.75) is 24.6 Å². The van der Waals surface area contributed by atoms with Crippen LogP contribution in [0, 0.1) is 0 Å². The molecular formula is C6H9F5N2Si. The highest BCUT2D eigenvalue weighted by atomic mass is 28.3. The van der Waals surface area contributed by atoms with Gasteiger partial charge in [0.25, 0.3) is 9.12 Å². The van der Waals surface area contributed by atoms with Gasteiger partial charge in [-0.25, -0.2) is 0 Å². The Labute approximate surface area is 79.3 Å². The lowest BCUT2D eigenvalue weighted by Gasteiger charge is -2.19. The fourth-order valence-corrected chi connectivity index (χ4v) is 1.79. The molecule has 14 heavy (non-hydrogen) atoms. The van der Waals surface area contributed by atoms with Crippen molar-refractivity contribution in [1.82, 2.24) is 0 Å². The Morgan fingerprint density at radius 1 is 1.00 bits per heavy atom. The highest BCUT2D eigenvalue weighted by Crippen LogP contribution is 2.39. The van der Waals surface area contributed by atoms with Crippen molar-refractivity contribution in [2.24, 2.45) is 9.32 Å². The van der Waals surface area contributed by atoms with Crippen LogP contribution in [0.5, 0.6) is 0 Å². The van der Waals surface area contributed by atoms with E-state index in [0.29, 0.717) is 0 Å². The Kier molecular flexibility index (Phi) is 4.36. The normalized spacial score (nSPS) is 13.0. The van der Waals surface area contributed by atoms with Crippen LogP contribution in [0.2, 0.25) is 6.04 Å². The van der Waals surface area contributed by atoms with E-state index in [0.717, 1.165) is 0 Å². The van der Waals surface area contributed by atoms with Crippen molar-refractivity contribution in [2.75, 3.05) is 0 Å². The maximum atomic E-state index is 12.3. The van der Waals surface area contributed by atoms with E-state index in [1.165, 1.54) is 0 Å². The second-order valence-corrected chi connectivity index (χ2v) is 4.86. The van der Waals surface area contributed by atoms with Crippen molar-refractivity contribution in [3.8, 4) is 0 Å². The molecule has 0 aromatic carbocycles. The third-order valence-corrected chi connectivity index (χ3v) is 3.20. The molecule has 8 heteroatoms. The molecule has 0 N–H and O–H groups in total. The standard InChI is InChI=1S/C6H9F5N2Si/c1-12-14(13-2)4-3-5(7,8)6(9,10)11/h14H,1-4H2. The summed E-state index contributed by atoms with van der Waals surface area (Å²) >= 11 is 0. The van der Waals surface area contributed by atoms with Crippen LogP contribution < -0.4 is 0 Å². The van der Waals surface area contributed by atoms with Gasteiger partial charge in [0.1, 0.15) is 0 Å². The fraction of sp³-hybridized carbons (Fsp3) is 0.667. The summed E-state index contributed by atoms with van der Waals surface area (Å²) in [5.74, 6) is -4.67. The van der Waals surface area contributed by atoms with E-state index < -0.39 is 27.6 Å². The van der Waals surface area contributed by atoms with Crippen LogP contribution in [-0.4, -0.2) is 34.7 Å². The number of nitrogens with zero attached hydrogens (tertiary/aromatic N) is 2. The molecule has 0 heterocycles. The highest BCUT2D eigenvalue weighted by molar-refractivity contribution is 6.56. The average molecular weight is 232 g/mol. The average Bonchev–Trinajstić information content (AvgIpc) is 2.04. The topological polar surface area (TPSA) is 24.7 Å². The maximum absolute atomic E-state index is 12.3. The summed E-state index contributed by atoms with van der Waals surface area (Å²) in [5.41, 5.74) is 0. The molecule has 0 rings (SSSR count). The molecule has 0 aromatic heterocycles. The molecule has 0 amide bonds. The Morgan fingerprint density at radius 2 is 1.43 bits per heavy atom. The number of halogens is 5. The van der Waals surface area contributed by atoms with Gasteiger partial charge in [-0.2, -0.15) is 22.0 Å². The fourth-order valence-electron chi connectivity index (χ4n) is 0.692. The van der Waals surface area contributed by atoms with Gasteiger partial charge in [-0.05, 0) is 19.5 Å². The van der Waals surface area contributed by atoms with Crippen LogP contribution >= 0.6 is 0 Å². The summed E-state index contributed by atoms with van der Waals surface area (Å²) in [6, 6.07) is -0.389. The molecule has 0 fully saturated rings. The van der Waals surface area contributed by atoms with Gasteiger partial charge in [-0.1, -0.05) is 0 Å². The van der Waals surface area contributed by atoms with Crippen LogP contribution in [0.1, 0.15) is 6.42 Å². The van der Waals surface area contributed by atoms with E-state index in [4.69, 9.17) is 0 Å². The molecule has 0 saturated heterocycles. The van der Waals surface area contributed by atoms with Gasteiger partial charge in [-0.3, -0.25) is 0 Å². The van der Waals surface area contributed by atoms with Crippen molar-refractivity contribution < 1.29 is 22.0 Å². The van der Waals surface area contributed by atoms with Crippen molar-refractivity contribution >= 4 is 22.6 Å². The van der Waals surface area contributed by atoms with Gasteiger partial charge >= 0.3 is 12.1 Å². The minimum atomic E-state index is -5.51. The minimum Gasteiger partial charge on any atom is -0.314 e. The molecule has 0 radical (unpaired) electrons. The van der Waals surface area contributed by atoms with Gasteiger partial charge in [0.15, 0.2) is 0 Å². The Bertz CT molecular complexity index is 207. The zero-order valence-corrected chi connectivity index (χ0v) is 8.34. The lowest BCUT2D eigenvalue weighted by molar-refractivity contribution is -0.282. The van der Waals surface area contributed by atoms with E-state index in [9.17, 15) is 22.0 Å². The number of hydrogen-bond donors (Lipinski definition) is 0. The number of rotatable bonds is 5. The van der Waals surface area contributed by atoms with Gasteiger partial charge in [0.2, 0.25) is 0 Å². The van der Waals surface area contributed by atoms with Crippen molar-refractivity contribution in [3.63, 3.8) is 0 Å². The van der Waals surface area contributed by atoms with Gasteiger partial charge in [0.05, 0.1) is 0 Å². The zero-order valence-electron chi connectivity index (χ0n) is 7.19. The van der Waals surface area contributed by atoms with E-state index in [-0.39, 0.29) is 6.04 Å². The third kappa shape index (κ3) is 3.52. The van der Waals surface area contributed by atoms with E-state index in [1.54, 1.807) is 0 Å². The second-order valence-electron chi connectivity index (χ2n) is 2.59. The monoisotopic (exact) mass is 232 g/mol. The summed E-state index contributed by atoms with van der Waals surface area (Å²) in [4.78, 5) is 0. The van der Waals surface area contributed by atoms with Gasteiger partial charge in [0, 0.05) is 6.42 Å². The summed E-state index contributed by atoms with van der Waals surface area (Å²) < 4.78 is 66.4. The first-order chi connectivity index (χ1) is 6.24. The van der Waals surface area contributed by atoms with Crippen molar-refractivity contribution in [3.05, 3.63) is 0 Å². The molecule has 0 aliphatic heterocycles. The Hall–Kier alpha value is -0.793. The quantitative estimate of drug-likeness (QED) is 0.394. The first kappa shape index (κ1) is 13.2. The smallest absolute Gasteiger partial charge is 0.314 e. The first-order valence-electron chi connectivity index (χ1n) is 3.61. The third-order valence-electron chi connectivity index (χ3n) is 1.55.